The van der Waals surface area contributed by atoms with Crippen molar-refractivity contribution < 1.29 is 9.53 Å². The minimum atomic E-state index is -0.459. The number of para-hydroxylation sites is 1. The fourth-order valence-electron chi connectivity index (χ4n) is 1.97. The van der Waals surface area contributed by atoms with Gasteiger partial charge in [0.2, 0.25) is 5.13 Å². The van der Waals surface area contributed by atoms with Crippen LogP contribution in [0.2, 0.25) is 10.0 Å². The van der Waals surface area contributed by atoms with E-state index < -0.39 is 6.03 Å². The Morgan fingerprint density at radius 3 is 2.70 bits per heavy atom. The van der Waals surface area contributed by atoms with Crippen molar-refractivity contribution in [3.8, 4) is 5.75 Å². The molecule has 27 heavy (non-hydrogen) atoms. The van der Waals surface area contributed by atoms with Crippen LogP contribution in [0, 0.1) is 0 Å². The monoisotopic (exact) mass is 440 g/mol. The van der Waals surface area contributed by atoms with E-state index >= 15 is 0 Å². The first-order chi connectivity index (χ1) is 13.1. The molecule has 10 heteroatoms. The second kappa shape index (κ2) is 9.80. The quantitative estimate of drug-likeness (QED) is 0.281. The molecule has 2 N–H and O–H groups in total. The molecule has 3 rings (SSSR count). The van der Waals surface area contributed by atoms with E-state index in [0.29, 0.717) is 27.5 Å². The first kappa shape index (κ1) is 19.8. The maximum absolute atomic E-state index is 12.0. The molecule has 0 spiro atoms. The molecule has 0 radical (unpaired) electrons. The molecule has 2 amide bonds. The van der Waals surface area contributed by atoms with Gasteiger partial charge in [-0.3, -0.25) is 5.32 Å². The van der Waals surface area contributed by atoms with Crippen molar-refractivity contribution in [2.75, 3.05) is 23.0 Å². The lowest BCUT2D eigenvalue weighted by molar-refractivity contribution is 0.262. The van der Waals surface area contributed by atoms with Crippen LogP contribution < -0.4 is 15.4 Å². The second-order valence-electron chi connectivity index (χ2n) is 5.09. The highest BCUT2D eigenvalue weighted by Crippen LogP contribution is 2.27. The van der Waals surface area contributed by atoms with Gasteiger partial charge in [0.05, 0.1) is 17.3 Å². The third kappa shape index (κ3) is 6.28. The molecule has 0 aliphatic rings. The third-order valence-electron chi connectivity index (χ3n) is 3.13. The molecule has 2 aromatic carbocycles. The van der Waals surface area contributed by atoms with Gasteiger partial charge in [-0.15, -0.1) is 10.2 Å². The summed E-state index contributed by atoms with van der Waals surface area (Å²) >= 11 is 14.7. The van der Waals surface area contributed by atoms with Crippen LogP contribution >= 0.6 is 46.3 Å². The highest BCUT2D eigenvalue weighted by atomic mass is 35.5. The molecule has 0 saturated heterocycles. The Kier molecular flexibility index (Phi) is 7.17. The molecule has 0 atom stereocenters. The number of aromatic nitrogens is 2. The maximum atomic E-state index is 12.0. The van der Waals surface area contributed by atoms with Crippen molar-refractivity contribution in [1.82, 2.24) is 10.2 Å². The first-order valence-corrected chi connectivity index (χ1v) is 10.3. The normalized spacial score (nSPS) is 10.4. The SMILES string of the molecule is O=C(Nc1nnc(SCCOc2ccccc2)s1)Nc1ccc(Cl)cc1Cl. The number of ether oxygens (including phenoxy) is 1. The summed E-state index contributed by atoms with van der Waals surface area (Å²) in [6, 6.07) is 14.0. The number of hydrogen-bond donors (Lipinski definition) is 2. The van der Waals surface area contributed by atoms with Gasteiger partial charge in [0.15, 0.2) is 4.34 Å². The molecular formula is C17H14Cl2N4O2S2. The fourth-order valence-corrected chi connectivity index (χ4v) is 4.06. The lowest BCUT2D eigenvalue weighted by Crippen LogP contribution is -2.19. The van der Waals surface area contributed by atoms with Crippen molar-refractivity contribution in [3.63, 3.8) is 0 Å². The summed E-state index contributed by atoms with van der Waals surface area (Å²) in [6.07, 6.45) is 0. The van der Waals surface area contributed by atoms with Gasteiger partial charge in [0.1, 0.15) is 5.75 Å². The number of nitrogens with zero attached hydrogens (tertiary/aromatic N) is 2. The van der Waals surface area contributed by atoms with Crippen molar-refractivity contribution >= 4 is 63.2 Å². The Morgan fingerprint density at radius 2 is 1.93 bits per heavy atom. The van der Waals surface area contributed by atoms with Crippen molar-refractivity contribution in [3.05, 3.63) is 58.6 Å². The maximum Gasteiger partial charge on any atom is 0.325 e. The van der Waals surface area contributed by atoms with E-state index in [2.05, 4.69) is 20.8 Å². The fraction of sp³-hybridized carbons (Fsp3) is 0.118. The molecule has 0 fully saturated rings. The van der Waals surface area contributed by atoms with Gasteiger partial charge in [-0.1, -0.05) is 64.5 Å². The highest BCUT2D eigenvalue weighted by Gasteiger charge is 2.10. The van der Waals surface area contributed by atoms with E-state index in [9.17, 15) is 4.79 Å². The molecule has 0 aliphatic heterocycles. The Labute approximate surface area is 174 Å². The summed E-state index contributed by atoms with van der Waals surface area (Å²) in [7, 11) is 0. The van der Waals surface area contributed by atoms with E-state index in [0.717, 1.165) is 15.8 Å². The average Bonchev–Trinajstić information content (AvgIpc) is 3.09. The van der Waals surface area contributed by atoms with E-state index in [-0.39, 0.29) is 0 Å². The second-order valence-corrected chi connectivity index (χ2v) is 8.25. The van der Waals surface area contributed by atoms with E-state index in [1.165, 1.54) is 23.1 Å². The molecule has 0 unspecified atom stereocenters. The van der Waals surface area contributed by atoms with Crippen molar-refractivity contribution in [2.45, 2.75) is 4.34 Å². The standard InChI is InChI=1S/C17H14Cl2N4O2S2/c18-11-6-7-14(13(19)10-11)20-15(24)21-16-22-23-17(27-16)26-9-8-25-12-4-2-1-3-5-12/h1-7,10H,8-9H2,(H2,20,21,22,24). The Balaban J connectivity index is 1.44. The smallest absolute Gasteiger partial charge is 0.325 e. The number of nitrogens with one attached hydrogen (secondary N) is 2. The largest absolute Gasteiger partial charge is 0.493 e. The molecule has 0 bridgehead atoms. The van der Waals surface area contributed by atoms with Gasteiger partial charge in [-0.05, 0) is 30.3 Å². The Hall–Kier alpha value is -2.00. The molecule has 6 nitrogen and oxygen atoms in total. The van der Waals surface area contributed by atoms with Gasteiger partial charge in [-0.2, -0.15) is 0 Å². The number of benzene rings is 2. The van der Waals surface area contributed by atoms with Crippen LogP contribution in [-0.2, 0) is 0 Å². The van der Waals surface area contributed by atoms with Crippen LogP contribution in [0.25, 0.3) is 0 Å². The number of halogens is 2. The zero-order valence-corrected chi connectivity index (χ0v) is 17.0. The van der Waals surface area contributed by atoms with Crippen LogP contribution in [0.3, 0.4) is 0 Å². The summed E-state index contributed by atoms with van der Waals surface area (Å²) in [5.41, 5.74) is 0.454. The van der Waals surface area contributed by atoms with Gasteiger partial charge in [-0.25, -0.2) is 4.79 Å². The predicted octanol–water partition coefficient (Wildman–Crippen LogP) is 5.66. The lowest BCUT2D eigenvalue weighted by atomic mass is 10.3. The number of urea groups is 1. The van der Waals surface area contributed by atoms with Gasteiger partial charge < -0.3 is 10.1 Å². The molecule has 0 saturated carbocycles. The van der Waals surface area contributed by atoms with Crippen molar-refractivity contribution in [2.24, 2.45) is 0 Å². The summed E-state index contributed by atoms with van der Waals surface area (Å²) < 4.78 is 6.36. The minimum absolute atomic E-state index is 0.351. The minimum Gasteiger partial charge on any atom is -0.493 e. The molecular weight excluding hydrogens is 427 g/mol. The van der Waals surface area contributed by atoms with E-state index in [1.807, 2.05) is 30.3 Å². The van der Waals surface area contributed by atoms with Gasteiger partial charge >= 0.3 is 6.03 Å². The lowest BCUT2D eigenvalue weighted by Gasteiger charge is -2.07. The Bertz CT molecular complexity index is 909. The number of carbonyl (C=O) groups excluding carboxylic acids is 1. The van der Waals surface area contributed by atoms with Crippen LogP contribution in [0.1, 0.15) is 0 Å². The van der Waals surface area contributed by atoms with Gasteiger partial charge in [0.25, 0.3) is 0 Å². The third-order valence-corrected chi connectivity index (χ3v) is 5.61. The van der Waals surface area contributed by atoms with Crippen LogP contribution in [0.4, 0.5) is 15.6 Å². The summed E-state index contributed by atoms with van der Waals surface area (Å²) in [4.78, 5) is 12.0. The first-order valence-electron chi connectivity index (χ1n) is 7.77. The predicted molar refractivity (Wildman–Crippen MR) is 112 cm³/mol. The zero-order valence-electron chi connectivity index (χ0n) is 13.8. The summed E-state index contributed by atoms with van der Waals surface area (Å²) in [5, 5.41) is 14.5. The number of rotatable bonds is 7. The van der Waals surface area contributed by atoms with E-state index in [4.69, 9.17) is 27.9 Å². The molecule has 3 aromatic rings. The average molecular weight is 441 g/mol. The topological polar surface area (TPSA) is 76.1 Å². The molecule has 1 heterocycles. The van der Waals surface area contributed by atoms with Crippen LogP contribution in [0.5, 0.6) is 5.75 Å². The zero-order chi connectivity index (χ0) is 19.1. The summed E-state index contributed by atoms with van der Waals surface area (Å²) in [6.45, 7) is 0.548. The molecule has 0 aliphatic carbocycles. The summed E-state index contributed by atoms with van der Waals surface area (Å²) in [5.74, 6) is 1.55. The van der Waals surface area contributed by atoms with Crippen LogP contribution in [0.15, 0.2) is 52.9 Å². The van der Waals surface area contributed by atoms with Crippen molar-refractivity contribution in [1.29, 1.82) is 0 Å². The number of thioether (sulfide) groups is 1. The number of amides is 2. The molecule has 140 valence electrons. The number of carbonyl (C=O) groups is 1. The Morgan fingerprint density at radius 1 is 1.11 bits per heavy atom. The number of hydrogen-bond acceptors (Lipinski definition) is 6. The highest BCUT2D eigenvalue weighted by molar-refractivity contribution is 8.01. The molecule has 1 aromatic heterocycles. The van der Waals surface area contributed by atoms with Crippen LogP contribution in [-0.4, -0.2) is 28.6 Å². The van der Waals surface area contributed by atoms with Gasteiger partial charge in [0, 0.05) is 10.8 Å². The van der Waals surface area contributed by atoms with E-state index in [1.54, 1.807) is 18.2 Å². The number of anilines is 2.